The van der Waals surface area contributed by atoms with E-state index in [1.807, 2.05) is 12.1 Å². The largest absolute Gasteiger partial charge is 0.478 e. The van der Waals surface area contributed by atoms with Crippen LogP contribution in [0, 0.1) is 0 Å². The van der Waals surface area contributed by atoms with Crippen molar-refractivity contribution < 1.29 is 9.90 Å². The fourth-order valence-electron chi connectivity index (χ4n) is 3.10. The van der Waals surface area contributed by atoms with Crippen molar-refractivity contribution in [2.24, 2.45) is 0 Å². The lowest BCUT2D eigenvalue weighted by molar-refractivity contribution is 0.0697. The van der Waals surface area contributed by atoms with Crippen LogP contribution in [-0.4, -0.2) is 20.6 Å². The molecular formula is C19H16N2O3S. The molecule has 6 heteroatoms. The van der Waals surface area contributed by atoms with Crippen LogP contribution in [0.2, 0.25) is 0 Å². The number of hydrogen-bond acceptors (Lipinski definition) is 4. The van der Waals surface area contributed by atoms with E-state index in [1.165, 1.54) is 4.88 Å². The van der Waals surface area contributed by atoms with Gasteiger partial charge >= 0.3 is 5.97 Å². The number of nitrogens with zero attached hydrogens (tertiary/aromatic N) is 2. The van der Waals surface area contributed by atoms with Crippen LogP contribution in [0.25, 0.3) is 21.9 Å². The number of carboxylic acids is 1. The van der Waals surface area contributed by atoms with E-state index in [2.05, 4.69) is 6.92 Å². The Morgan fingerprint density at radius 3 is 2.80 bits per heavy atom. The standard InChI is InChI=1S/C19H16N2O3S/c1-2-14-10-15-17(25-14)20-16-13(7-8-21(16)18(15)22)9-11-3-5-12(6-4-11)19(23)24/h3-6,9-10H,2,7-8H2,1H3,(H,23,24). The van der Waals surface area contributed by atoms with Crippen molar-refractivity contribution in [2.75, 3.05) is 0 Å². The molecule has 126 valence electrons. The minimum Gasteiger partial charge on any atom is -0.478 e. The lowest BCUT2D eigenvalue weighted by atomic mass is 10.1. The molecule has 1 aliphatic rings. The highest BCUT2D eigenvalue weighted by Crippen LogP contribution is 2.30. The number of rotatable bonds is 3. The molecule has 1 N–H and O–H groups in total. The van der Waals surface area contributed by atoms with Gasteiger partial charge in [-0.15, -0.1) is 11.3 Å². The lowest BCUT2D eigenvalue weighted by Crippen LogP contribution is -2.19. The predicted octanol–water partition coefficient (Wildman–Crippen LogP) is 3.66. The number of carboxylic acid groups (broad SMARTS) is 1. The third-order valence-electron chi connectivity index (χ3n) is 4.44. The molecule has 0 saturated heterocycles. The molecule has 1 aromatic carbocycles. The number of aromatic nitrogens is 2. The molecule has 0 fully saturated rings. The second kappa shape index (κ2) is 5.97. The second-order valence-corrected chi connectivity index (χ2v) is 7.14. The minimum atomic E-state index is -0.939. The smallest absolute Gasteiger partial charge is 0.335 e. The van der Waals surface area contributed by atoms with Crippen LogP contribution in [0.3, 0.4) is 0 Å². The van der Waals surface area contributed by atoms with Gasteiger partial charge in [-0.05, 0) is 48.3 Å². The van der Waals surface area contributed by atoms with E-state index in [0.29, 0.717) is 11.9 Å². The van der Waals surface area contributed by atoms with Crippen LogP contribution in [-0.2, 0) is 13.0 Å². The number of aryl methyl sites for hydroxylation is 1. The highest BCUT2D eigenvalue weighted by Gasteiger charge is 2.22. The summed E-state index contributed by atoms with van der Waals surface area (Å²) in [6.45, 7) is 2.70. The fourth-order valence-corrected chi connectivity index (χ4v) is 4.05. The molecule has 0 spiro atoms. The van der Waals surface area contributed by atoms with E-state index in [4.69, 9.17) is 10.1 Å². The second-order valence-electron chi connectivity index (χ2n) is 6.02. The number of allylic oxidation sites excluding steroid dienone is 1. The van der Waals surface area contributed by atoms with Gasteiger partial charge in [0.1, 0.15) is 10.7 Å². The first-order valence-electron chi connectivity index (χ1n) is 8.14. The Morgan fingerprint density at radius 2 is 2.12 bits per heavy atom. The van der Waals surface area contributed by atoms with Crippen LogP contribution >= 0.6 is 11.3 Å². The molecule has 0 radical (unpaired) electrons. The zero-order valence-electron chi connectivity index (χ0n) is 13.7. The summed E-state index contributed by atoms with van der Waals surface area (Å²) in [6, 6.07) is 8.67. The van der Waals surface area contributed by atoms with Crippen LogP contribution in [0.4, 0.5) is 0 Å². The molecule has 25 heavy (non-hydrogen) atoms. The topological polar surface area (TPSA) is 72.2 Å². The van der Waals surface area contributed by atoms with Gasteiger partial charge in [0.2, 0.25) is 0 Å². The Kier molecular flexibility index (Phi) is 3.77. The van der Waals surface area contributed by atoms with Gasteiger partial charge in [0.25, 0.3) is 5.56 Å². The number of benzene rings is 1. The summed E-state index contributed by atoms with van der Waals surface area (Å²) >= 11 is 1.57. The minimum absolute atomic E-state index is 0.0283. The summed E-state index contributed by atoms with van der Waals surface area (Å²) in [5.74, 6) is -0.213. The van der Waals surface area contributed by atoms with E-state index in [-0.39, 0.29) is 11.1 Å². The molecule has 0 bridgehead atoms. The van der Waals surface area contributed by atoms with Crippen molar-refractivity contribution in [1.29, 1.82) is 0 Å². The van der Waals surface area contributed by atoms with Crippen molar-refractivity contribution in [2.45, 2.75) is 26.3 Å². The average molecular weight is 352 g/mol. The monoisotopic (exact) mass is 352 g/mol. The SMILES string of the molecule is CCc1cc2c(=O)n3c(nc2s1)C(=Cc1ccc(C(=O)O)cc1)CC3. The van der Waals surface area contributed by atoms with E-state index in [0.717, 1.165) is 34.6 Å². The molecule has 5 nitrogen and oxygen atoms in total. The van der Waals surface area contributed by atoms with E-state index >= 15 is 0 Å². The molecule has 0 saturated carbocycles. The molecule has 0 atom stereocenters. The molecular weight excluding hydrogens is 336 g/mol. The van der Waals surface area contributed by atoms with Gasteiger partial charge in [0.05, 0.1) is 10.9 Å². The van der Waals surface area contributed by atoms with E-state index in [1.54, 1.807) is 40.2 Å². The summed E-state index contributed by atoms with van der Waals surface area (Å²) in [5, 5.41) is 9.69. The Bertz CT molecular complexity index is 1070. The zero-order valence-corrected chi connectivity index (χ0v) is 14.5. The van der Waals surface area contributed by atoms with Crippen molar-refractivity contribution in [3.8, 4) is 0 Å². The van der Waals surface area contributed by atoms with Gasteiger partial charge in [-0.2, -0.15) is 0 Å². The summed E-state index contributed by atoms with van der Waals surface area (Å²) < 4.78 is 1.74. The van der Waals surface area contributed by atoms with Crippen LogP contribution in [0.5, 0.6) is 0 Å². The van der Waals surface area contributed by atoms with Crippen molar-refractivity contribution in [3.63, 3.8) is 0 Å². The first-order chi connectivity index (χ1) is 12.1. The van der Waals surface area contributed by atoms with E-state index < -0.39 is 5.97 Å². The molecule has 4 rings (SSSR count). The normalized spacial score (nSPS) is 15.0. The predicted molar refractivity (Wildman–Crippen MR) is 99.1 cm³/mol. The lowest BCUT2D eigenvalue weighted by Gasteiger charge is -2.03. The van der Waals surface area contributed by atoms with Crippen LogP contribution in [0.15, 0.2) is 35.1 Å². The van der Waals surface area contributed by atoms with Gasteiger partial charge in [-0.25, -0.2) is 9.78 Å². The molecule has 3 aromatic rings. The molecule has 0 aliphatic carbocycles. The molecule has 1 aliphatic heterocycles. The first-order valence-corrected chi connectivity index (χ1v) is 8.96. The maximum atomic E-state index is 12.7. The zero-order chi connectivity index (χ0) is 17.6. The van der Waals surface area contributed by atoms with Gasteiger partial charge < -0.3 is 5.11 Å². The Hall–Kier alpha value is -2.73. The first kappa shape index (κ1) is 15.8. The molecule has 0 unspecified atom stereocenters. The van der Waals surface area contributed by atoms with Crippen molar-refractivity contribution in [1.82, 2.24) is 9.55 Å². The Morgan fingerprint density at radius 1 is 1.36 bits per heavy atom. The highest BCUT2D eigenvalue weighted by atomic mass is 32.1. The molecule has 0 amide bonds. The fraction of sp³-hybridized carbons (Fsp3) is 0.211. The van der Waals surface area contributed by atoms with Gasteiger partial charge in [0, 0.05) is 11.4 Å². The maximum Gasteiger partial charge on any atom is 0.335 e. The Balaban J connectivity index is 1.79. The quantitative estimate of drug-likeness (QED) is 0.781. The summed E-state index contributed by atoms with van der Waals surface area (Å²) in [7, 11) is 0. The van der Waals surface area contributed by atoms with Crippen LogP contribution < -0.4 is 5.56 Å². The Labute approximate surface area is 147 Å². The summed E-state index contributed by atoms with van der Waals surface area (Å²) in [4.78, 5) is 30.3. The van der Waals surface area contributed by atoms with E-state index in [9.17, 15) is 9.59 Å². The number of hydrogen-bond donors (Lipinski definition) is 1. The molecule has 3 heterocycles. The third-order valence-corrected chi connectivity index (χ3v) is 5.61. The number of aromatic carboxylic acids is 1. The van der Waals surface area contributed by atoms with Crippen molar-refractivity contribution in [3.05, 3.63) is 62.5 Å². The third kappa shape index (κ3) is 2.68. The maximum absolute atomic E-state index is 12.7. The van der Waals surface area contributed by atoms with Gasteiger partial charge in [-0.1, -0.05) is 19.1 Å². The van der Waals surface area contributed by atoms with Crippen LogP contribution in [0.1, 0.15) is 40.0 Å². The average Bonchev–Trinajstić information content (AvgIpc) is 3.20. The van der Waals surface area contributed by atoms with Crippen molar-refractivity contribution >= 4 is 39.2 Å². The highest BCUT2D eigenvalue weighted by molar-refractivity contribution is 7.18. The number of fused-ring (bicyclic) bond motifs is 2. The summed E-state index contributed by atoms with van der Waals surface area (Å²) in [6.07, 6.45) is 3.63. The van der Waals surface area contributed by atoms with Gasteiger partial charge in [-0.3, -0.25) is 9.36 Å². The molecule has 2 aromatic heterocycles. The number of thiophene rings is 1. The number of carbonyl (C=O) groups is 1. The summed E-state index contributed by atoms with van der Waals surface area (Å²) in [5.41, 5.74) is 2.20. The van der Waals surface area contributed by atoms with Gasteiger partial charge in [0.15, 0.2) is 0 Å².